The Morgan fingerprint density at radius 3 is 2.41 bits per heavy atom. The Kier molecular flexibility index (Phi) is 3.94. The van der Waals surface area contributed by atoms with Gasteiger partial charge in [0, 0.05) is 25.9 Å². The fraction of sp³-hybridized carbons (Fsp3) is 0.167. The number of anilines is 1. The highest BCUT2D eigenvalue weighted by Gasteiger charge is 2.18. The van der Waals surface area contributed by atoms with Crippen molar-refractivity contribution >= 4 is 39.4 Å². The number of para-hydroxylation sites is 1. The molecule has 3 rings (SSSR count). The number of benzene rings is 2. The SMILES string of the molecule is CN(C)c1ccc(C=Cc2sc3cccc(F)c3[n+]2C)cc1. The summed E-state index contributed by atoms with van der Waals surface area (Å²) in [6.45, 7) is 0. The molecule has 22 heavy (non-hydrogen) atoms. The predicted molar refractivity (Wildman–Crippen MR) is 92.7 cm³/mol. The number of aromatic nitrogens is 1. The van der Waals surface area contributed by atoms with Gasteiger partial charge in [-0.15, -0.1) is 0 Å². The average molecular weight is 313 g/mol. The predicted octanol–water partition coefficient (Wildman–Crippen LogP) is 4.10. The minimum absolute atomic E-state index is 0.175. The van der Waals surface area contributed by atoms with Crippen LogP contribution in [-0.2, 0) is 7.05 Å². The lowest BCUT2D eigenvalue weighted by Gasteiger charge is -2.11. The molecule has 0 unspecified atom stereocenters. The zero-order valence-electron chi connectivity index (χ0n) is 12.9. The number of aryl methyl sites for hydroxylation is 1. The molecule has 112 valence electrons. The highest BCUT2D eigenvalue weighted by Crippen LogP contribution is 2.23. The molecule has 1 heterocycles. The van der Waals surface area contributed by atoms with Crippen LogP contribution in [0.3, 0.4) is 0 Å². The lowest BCUT2D eigenvalue weighted by atomic mass is 10.2. The maximum absolute atomic E-state index is 13.9. The van der Waals surface area contributed by atoms with Crippen molar-refractivity contribution in [3.05, 3.63) is 58.9 Å². The molecule has 0 N–H and O–H groups in total. The molecule has 2 aromatic carbocycles. The van der Waals surface area contributed by atoms with Gasteiger partial charge < -0.3 is 4.90 Å². The van der Waals surface area contributed by atoms with Gasteiger partial charge in [0.15, 0.2) is 5.82 Å². The number of thiazole rings is 1. The summed E-state index contributed by atoms with van der Waals surface area (Å²) in [5.41, 5.74) is 2.96. The molecule has 4 heteroatoms. The molecule has 0 bridgehead atoms. The lowest BCUT2D eigenvalue weighted by Crippen LogP contribution is -2.29. The molecule has 0 aliphatic carbocycles. The van der Waals surface area contributed by atoms with Crippen molar-refractivity contribution in [1.82, 2.24) is 0 Å². The van der Waals surface area contributed by atoms with E-state index in [1.807, 2.05) is 37.9 Å². The highest BCUT2D eigenvalue weighted by atomic mass is 32.1. The second-order valence-electron chi connectivity index (χ2n) is 5.41. The van der Waals surface area contributed by atoms with Gasteiger partial charge in [-0.2, -0.15) is 8.96 Å². The lowest BCUT2D eigenvalue weighted by molar-refractivity contribution is -0.643. The van der Waals surface area contributed by atoms with Gasteiger partial charge in [-0.1, -0.05) is 29.5 Å². The number of fused-ring (bicyclic) bond motifs is 1. The number of rotatable bonds is 3. The smallest absolute Gasteiger partial charge is 0.262 e. The van der Waals surface area contributed by atoms with Crippen LogP contribution in [0.15, 0.2) is 42.5 Å². The normalized spacial score (nSPS) is 11.5. The second-order valence-corrected chi connectivity index (χ2v) is 6.47. The first kappa shape index (κ1) is 14.7. The molecular formula is C18H18FN2S+. The van der Waals surface area contributed by atoms with Crippen LogP contribution in [0.4, 0.5) is 10.1 Å². The quantitative estimate of drug-likeness (QED) is 0.660. The van der Waals surface area contributed by atoms with Crippen molar-refractivity contribution in [2.75, 3.05) is 19.0 Å². The zero-order chi connectivity index (χ0) is 15.7. The topological polar surface area (TPSA) is 7.12 Å². The number of halogens is 1. The Hall–Kier alpha value is -2.20. The van der Waals surface area contributed by atoms with Crippen molar-refractivity contribution in [1.29, 1.82) is 0 Å². The first-order valence-corrected chi connectivity index (χ1v) is 7.90. The largest absolute Gasteiger partial charge is 0.378 e. The van der Waals surface area contributed by atoms with E-state index in [2.05, 4.69) is 35.2 Å². The molecule has 0 aliphatic rings. The number of nitrogens with zero attached hydrogens (tertiary/aromatic N) is 2. The van der Waals surface area contributed by atoms with Gasteiger partial charge in [0.25, 0.3) is 10.5 Å². The summed E-state index contributed by atoms with van der Waals surface area (Å²) in [7, 11) is 5.95. The first-order chi connectivity index (χ1) is 10.6. The van der Waals surface area contributed by atoms with Gasteiger partial charge in [-0.3, -0.25) is 0 Å². The van der Waals surface area contributed by atoms with Crippen molar-refractivity contribution in [3.63, 3.8) is 0 Å². The van der Waals surface area contributed by atoms with Crippen molar-refractivity contribution in [2.24, 2.45) is 7.05 Å². The summed E-state index contributed by atoms with van der Waals surface area (Å²) in [4.78, 5) is 2.07. The van der Waals surface area contributed by atoms with Gasteiger partial charge in [0.2, 0.25) is 0 Å². The first-order valence-electron chi connectivity index (χ1n) is 7.09. The van der Waals surface area contributed by atoms with Gasteiger partial charge >= 0.3 is 0 Å². The fourth-order valence-corrected chi connectivity index (χ4v) is 3.46. The molecule has 0 saturated heterocycles. The van der Waals surface area contributed by atoms with Crippen LogP contribution in [0.5, 0.6) is 0 Å². The minimum atomic E-state index is -0.175. The third kappa shape index (κ3) is 2.74. The summed E-state index contributed by atoms with van der Waals surface area (Å²) in [6.07, 6.45) is 4.09. The monoisotopic (exact) mass is 313 g/mol. The van der Waals surface area contributed by atoms with Crippen LogP contribution >= 0.6 is 11.3 Å². The van der Waals surface area contributed by atoms with Crippen molar-refractivity contribution in [3.8, 4) is 0 Å². The second kappa shape index (κ2) is 5.89. The van der Waals surface area contributed by atoms with Crippen LogP contribution in [0.25, 0.3) is 22.4 Å². The third-order valence-electron chi connectivity index (χ3n) is 3.66. The molecule has 1 aromatic heterocycles. The number of hydrogen-bond acceptors (Lipinski definition) is 2. The van der Waals surface area contributed by atoms with Crippen LogP contribution < -0.4 is 9.47 Å². The Morgan fingerprint density at radius 2 is 1.77 bits per heavy atom. The van der Waals surface area contributed by atoms with Crippen LogP contribution in [0.1, 0.15) is 10.6 Å². The fourth-order valence-electron chi connectivity index (χ4n) is 2.39. The molecule has 0 aliphatic heterocycles. The van der Waals surface area contributed by atoms with E-state index < -0.39 is 0 Å². The zero-order valence-corrected chi connectivity index (χ0v) is 13.7. The van der Waals surface area contributed by atoms with E-state index in [1.54, 1.807) is 17.4 Å². The number of hydrogen-bond donors (Lipinski definition) is 0. The van der Waals surface area contributed by atoms with Gasteiger partial charge in [0.05, 0.1) is 0 Å². The van der Waals surface area contributed by atoms with Crippen LogP contribution in [-0.4, -0.2) is 14.1 Å². The van der Waals surface area contributed by atoms with Crippen molar-refractivity contribution < 1.29 is 8.96 Å². The Balaban J connectivity index is 1.92. The molecule has 3 aromatic rings. The van der Waals surface area contributed by atoms with Gasteiger partial charge in [0.1, 0.15) is 11.7 Å². The molecule has 2 nitrogen and oxygen atoms in total. The van der Waals surface area contributed by atoms with E-state index >= 15 is 0 Å². The summed E-state index contributed by atoms with van der Waals surface area (Å²) in [5.74, 6) is -0.175. The molecule has 0 spiro atoms. The summed E-state index contributed by atoms with van der Waals surface area (Å²) in [6, 6.07) is 13.5. The molecule has 0 atom stereocenters. The van der Waals surface area contributed by atoms with Crippen molar-refractivity contribution in [2.45, 2.75) is 0 Å². The third-order valence-corrected chi connectivity index (χ3v) is 4.83. The Bertz CT molecular complexity index is 832. The van der Waals surface area contributed by atoms with Gasteiger partial charge in [-0.25, -0.2) is 0 Å². The van der Waals surface area contributed by atoms with E-state index in [9.17, 15) is 4.39 Å². The summed E-state index contributed by atoms with van der Waals surface area (Å²) >= 11 is 1.59. The highest BCUT2D eigenvalue weighted by molar-refractivity contribution is 7.18. The Labute approximate surface area is 133 Å². The summed E-state index contributed by atoms with van der Waals surface area (Å²) < 4.78 is 16.8. The van der Waals surface area contributed by atoms with Crippen LogP contribution in [0.2, 0.25) is 0 Å². The van der Waals surface area contributed by atoms with Gasteiger partial charge in [-0.05, 0) is 35.9 Å². The maximum atomic E-state index is 13.9. The van der Waals surface area contributed by atoms with E-state index in [4.69, 9.17) is 0 Å². The molecular weight excluding hydrogens is 295 g/mol. The molecule has 0 radical (unpaired) electrons. The van der Waals surface area contributed by atoms with E-state index in [1.165, 1.54) is 11.8 Å². The standard InChI is InChI=1S/C18H18FN2S/c1-20(2)14-10-7-13(8-11-14)9-12-17-21(3)18-15(19)5-4-6-16(18)22-17/h4-12H,1-3H3/q+1. The molecule has 0 fully saturated rings. The van der Waals surface area contributed by atoms with Crippen LogP contribution in [0, 0.1) is 5.82 Å². The molecule has 0 amide bonds. The van der Waals surface area contributed by atoms with E-state index in [0.717, 1.165) is 15.3 Å². The molecule has 0 saturated carbocycles. The average Bonchev–Trinajstić information content (AvgIpc) is 2.83. The summed E-state index contributed by atoms with van der Waals surface area (Å²) in [5, 5.41) is 1.02. The van der Waals surface area contributed by atoms with E-state index in [0.29, 0.717) is 5.52 Å². The van der Waals surface area contributed by atoms with E-state index in [-0.39, 0.29) is 5.82 Å². The Morgan fingerprint density at radius 1 is 1.05 bits per heavy atom. The minimum Gasteiger partial charge on any atom is -0.378 e. The maximum Gasteiger partial charge on any atom is 0.262 e.